The standard InChI is InChI=1S/C19H23NO4/c1-20-7-6-19-10-14(21)16(24-3)9-12(19)13(20)8-11-4-5-15(23-2)18(22)17(11)19/h4-5,9,12-13,22H,6-8,10H2,1-3H3/t12?,13?,19-/m1/s1. The zero-order valence-corrected chi connectivity index (χ0v) is 14.3. The minimum absolute atomic E-state index is 0.0205. The predicted molar refractivity (Wildman–Crippen MR) is 89.3 cm³/mol. The normalized spacial score (nSPS) is 31.8. The van der Waals surface area contributed by atoms with Crippen molar-refractivity contribution in [1.82, 2.24) is 4.90 Å². The van der Waals surface area contributed by atoms with Gasteiger partial charge in [-0.05, 0) is 44.1 Å². The van der Waals surface area contributed by atoms with E-state index in [0.29, 0.717) is 24.0 Å². The maximum Gasteiger partial charge on any atom is 0.197 e. The Morgan fingerprint density at radius 2 is 2.08 bits per heavy atom. The summed E-state index contributed by atoms with van der Waals surface area (Å²) >= 11 is 0. The summed E-state index contributed by atoms with van der Waals surface area (Å²) < 4.78 is 10.6. The van der Waals surface area contributed by atoms with Crippen LogP contribution in [-0.2, 0) is 21.4 Å². The molecule has 0 amide bonds. The molecule has 3 atom stereocenters. The number of allylic oxidation sites excluding steroid dienone is 1. The van der Waals surface area contributed by atoms with Crippen LogP contribution in [0.15, 0.2) is 24.0 Å². The van der Waals surface area contributed by atoms with Gasteiger partial charge in [0.05, 0.1) is 14.2 Å². The number of nitrogens with zero attached hydrogens (tertiary/aromatic N) is 1. The van der Waals surface area contributed by atoms with E-state index < -0.39 is 0 Å². The first-order valence-corrected chi connectivity index (χ1v) is 8.40. The predicted octanol–water partition coefficient (Wildman–Crippen LogP) is 2.02. The van der Waals surface area contributed by atoms with Crippen LogP contribution in [0.25, 0.3) is 0 Å². The molecule has 5 nitrogen and oxygen atoms in total. The van der Waals surface area contributed by atoms with Crippen molar-refractivity contribution in [3.63, 3.8) is 0 Å². The summed E-state index contributed by atoms with van der Waals surface area (Å²) in [5, 5.41) is 10.9. The number of rotatable bonds is 2. The van der Waals surface area contributed by atoms with Crippen LogP contribution in [0.3, 0.4) is 0 Å². The molecule has 128 valence electrons. The highest BCUT2D eigenvalue weighted by Gasteiger charge is 2.56. The molecule has 0 aromatic heterocycles. The van der Waals surface area contributed by atoms with Gasteiger partial charge in [0.15, 0.2) is 23.0 Å². The molecule has 1 saturated heterocycles. The Hall–Kier alpha value is -2.01. The fraction of sp³-hybridized carbons (Fsp3) is 0.526. The molecule has 0 radical (unpaired) electrons. The van der Waals surface area contributed by atoms with Crippen molar-refractivity contribution < 1.29 is 19.4 Å². The van der Waals surface area contributed by atoms with Gasteiger partial charge in [0.2, 0.25) is 0 Å². The van der Waals surface area contributed by atoms with Crippen molar-refractivity contribution in [3.8, 4) is 11.5 Å². The second kappa shape index (κ2) is 5.24. The van der Waals surface area contributed by atoms with Crippen molar-refractivity contribution in [2.75, 3.05) is 27.8 Å². The maximum absolute atomic E-state index is 12.6. The highest BCUT2D eigenvalue weighted by atomic mass is 16.5. The van der Waals surface area contributed by atoms with Crippen molar-refractivity contribution in [2.24, 2.45) is 5.92 Å². The number of ketones is 1. The van der Waals surface area contributed by atoms with Crippen molar-refractivity contribution in [3.05, 3.63) is 35.1 Å². The topological polar surface area (TPSA) is 59.0 Å². The summed E-state index contributed by atoms with van der Waals surface area (Å²) in [6.07, 6.45) is 4.08. The first-order chi connectivity index (χ1) is 11.5. The third-order valence-corrected chi connectivity index (χ3v) is 6.21. The van der Waals surface area contributed by atoms with E-state index in [0.717, 1.165) is 30.5 Å². The lowest BCUT2D eigenvalue weighted by Gasteiger charge is -2.56. The Balaban J connectivity index is 1.97. The molecule has 1 aromatic rings. The summed E-state index contributed by atoms with van der Waals surface area (Å²) in [6, 6.07) is 4.18. The molecule has 2 unspecified atom stereocenters. The fourth-order valence-electron chi connectivity index (χ4n) is 5.03. The second-order valence-electron chi connectivity index (χ2n) is 7.17. The Labute approximate surface area is 141 Å². The molecule has 24 heavy (non-hydrogen) atoms. The number of fused-ring (bicyclic) bond motifs is 1. The molecule has 1 N–H and O–H groups in total. The molecule has 2 bridgehead atoms. The van der Waals surface area contributed by atoms with Gasteiger partial charge in [-0.3, -0.25) is 4.79 Å². The van der Waals surface area contributed by atoms with Gasteiger partial charge in [-0.25, -0.2) is 0 Å². The van der Waals surface area contributed by atoms with E-state index in [1.54, 1.807) is 14.2 Å². The lowest BCUT2D eigenvalue weighted by molar-refractivity contribution is -0.122. The molecular weight excluding hydrogens is 306 g/mol. The minimum Gasteiger partial charge on any atom is -0.504 e. The molecule has 3 aliphatic rings. The third kappa shape index (κ3) is 1.88. The number of benzene rings is 1. The Kier molecular flexibility index (Phi) is 3.39. The Morgan fingerprint density at radius 3 is 2.79 bits per heavy atom. The van der Waals surface area contributed by atoms with E-state index >= 15 is 0 Å². The van der Waals surface area contributed by atoms with E-state index in [4.69, 9.17) is 9.47 Å². The van der Waals surface area contributed by atoms with Crippen LogP contribution >= 0.6 is 0 Å². The number of carbonyl (C=O) groups is 1. The van der Waals surface area contributed by atoms with Crippen LogP contribution in [0.4, 0.5) is 0 Å². The summed E-state index contributed by atoms with van der Waals surface area (Å²) in [6.45, 7) is 0.917. The molecule has 0 spiro atoms. The Bertz CT molecular complexity index is 741. The number of hydrogen-bond acceptors (Lipinski definition) is 5. The number of likely N-dealkylation sites (N-methyl/N-ethyl adjacent to an activating group) is 1. The van der Waals surface area contributed by atoms with Crippen LogP contribution in [-0.4, -0.2) is 49.6 Å². The van der Waals surface area contributed by atoms with Crippen LogP contribution < -0.4 is 4.74 Å². The lowest BCUT2D eigenvalue weighted by atomic mass is 9.53. The first kappa shape index (κ1) is 15.5. The number of carbonyl (C=O) groups excluding carboxylic acids is 1. The van der Waals surface area contributed by atoms with E-state index in [-0.39, 0.29) is 22.9 Å². The van der Waals surface area contributed by atoms with Crippen molar-refractivity contribution >= 4 is 5.78 Å². The average Bonchev–Trinajstić information content (AvgIpc) is 2.57. The molecule has 1 fully saturated rings. The maximum atomic E-state index is 12.6. The summed E-state index contributed by atoms with van der Waals surface area (Å²) in [5.41, 5.74) is 1.68. The van der Waals surface area contributed by atoms with Gasteiger partial charge in [0.25, 0.3) is 0 Å². The largest absolute Gasteiger partial charge is 0.504 e. The lowest BCUT2D eigenvalue weighted by Crippen LogP contribution is -2.60. The summed E-state index contributed by atoms with van der Waals surface area (Å²) in [5.74, 6) is 1.32. The highest BCUT2D eigenvalue weighted by Crippen LogP contribution is 2.57. The highest BCUT2D eigenvalue weighted by molar-refractivity contribution is 5.96. The second-order valence-corrected chi connectivity index (χ2v) is 7.17. The van der Waals surface area contributed by atoms with E-state index in [9.17, 15) is 9.90 Å². The van der Waals surface area contributed by atoms with Crippen LogP contribution in [0.5, 0.6) is 11.5 Å². The van der Waals surface area contributed by atoms with E-state index in [1.165, 1.54) is 0 Å². The monoisotopic (exact) mass is 329 g/mol. The SMILES string of the molecule is COC1=CC2C3Cc4ccc(OC)c(O)c4[C@]2(CCN3C)CC1=O. The number of ether oxygens (including phenoxy) is 2. The number of methoxy groups -OCH3 is 2. The quantitative estimate of drug-likeness (QED) is 0.899. The number of phenolic OH excluding ortho intramolecular Hbond substituents is 1. The molecule has 1 aliphatic heterocycles. The molecule has 1 heterocycles. The summed E-state index contributed by atoms with van der Waals surface area (Å²) in [4.78, 5) is 15.0. The number of phenols is 1. The van der Waals surface area contributed by atoms with Gasteiger partial charge in [0.1, 0.15) is 0 Å². The van der Waals surface area contributed by atoms with E-state index in [2.05, 4.69) is 11.9 Å². The van der Waals surface area contributed by atoms with Crippen LogP contribution in [0.1, 0.15) is 24.0 Å². The van der Waals surface area contributed by atoms with Crippen LogP contribution in [0, 0.1) is 5.92 Å². The third-order valence-electron chi connectivity index (χ3n) is 6.21. The number of hydrogen-bond donors (Lipinski definition) is 1. The smallest absolute Gasteiger partial charge is 0.197 e. The van der Waals surface area contributed by atoms with Gasteiger partial charge >= 0.3 is 0 Å². The molecule has 5 heteroatoms. The van der Waals surface area contributed by atoms with Crippen molar-refractivity contribution in [1.29, 1.82) is 0 Å². The fourth-order valence-corrected chi connectivity index (χ4v) is 5.03. The molecule has 1 aromatic carbocycles. The number of Topliss-reactive ketones (excluding diaryl/α,β-unsaturated/α-hetero) is 1. The molecular formula is C19H23NO4. The number of piperidine rings is 1. The van der Waals surface area contributed by atoms with Gasteiger partial charge in [-0.15, -0.1) is 0 Å². The molecule has 4 rings (SSSR count). The van der Waals surface area contributed by atoms with Crippen LogP contribution in [0.2, 0.25) is 0 Å². The van der Waals surface area contributed by atoms with Gasteiger partial charge < -0.3 is 19.5 Å². The molecule has 0 saturated carbocycles. The summed E-state index contributed by atoms with van der Waals surface area (Å²) in [7, 11) is 5.25. The van der Waals surface area contributed by atoms with Crippen molar-refractivity contribution in [2.45, 2.75) is 30.7 Å². The minimum atomic E-state index is -0.359. The zero-order chi connectivity index (χ0) is 17.1. The first-order valence-electron chi connectivity index (χ1n) is 8.40. The number of aromatic hydroxyl groups is 1. The van der Waals surface area contributed by atoms with E-state index in [1.807, 2.05) is 18.2 Å². The number of likely N-dealkylation sites (tertiary alicyclic amines) is 1. The zero-order valence-electron chi connectivity index (χ0n) is 14.3. The van der Waals surface area contributed by atoms with Gasteiger partial charge in [-0.1, -0.05) is 6.07 Å². The molecule has 2 aliphatic carbocycles. The van der Waals surface area contributed by atoms with Gasteiger partial charge in [0, 0.05) is 29.4 Å². The Morgan fingerprint density at radius 1 is 1.29 bits per heavy atom. The van der Waals surface area contributed by atoms with Gasteiger partial charge in [-0.2, -0.15) is 0 Å². The average molecular weight is 329 g/mol.